The van der Waals surface area contributed by atoms with Crippen molar-refractivity contribution < 1.29 is 4.79 Å². The van der Waals surface area contributed by atoms with Gasteiger partial charge >= 0.3 is 0 Å². The highest BCUT2D eigenvalue weighted by molar-refractivity contribution is 5.96. The summed E-state index contributed by atoms with van der Waals surface area (Å²) in [7, 11) is 1.89. The Bertz CT molecular complexity index is 580. The second-order valence-corrected chi connectivity index (χ2v) is 4.45. The molecule has 0 radical (unpaired) electrons. The first-order valence-electron chi connectivity index (χ1n) is 5.95. The maximum Gasteiger partial charge on any atom is 0.265 e. The van der Waals surface area contributed by atoms with E-state index in [2.05, 4.69) is 17.6 Å². The van der Waals surface area contributed by atoms with E-state index in [1.807, 2.05) is 54.5 Å². The Morgan fingerprint density at radius 2 is 1.67 bits per heavy atom. The first kappa shape index (κ1) is 11.0. The van der Waals surface area contributed by atoms with E-state index < -0.39 is 0 Å². The molecule has 0 fully saturated rings. The predicted molar refractivity (Wildman–Crippen MR) is 70.0 cm³/mol. The van der Waals surface area contributed by atoms with Crippen molar-refractivity contribution in [1.82, 2.24) is 10.4 Å². The molecule has 0 saturated carbocycles. The van der Waals surface area contributed by atoms with Crippen molar-refractivity contribution in [2.45, 2.75) is 6.04 Å². The second kappa shape index (κ2) is 4.27. The molecule has 1 N–H and O–H groups in total. The maximum absolute atomic E-state index is 11.9. The lowest BCUT2D eigenvalue weighted by molar-refractivity contribution is 0.0744. The minimum Gasteiger partial charge on any atom is -0.284 e. The van der Waals surface area contributed by atoms with Gasteiger partial charge in [0.25, 0.3) is 5.91 Å². The third-order valence-electron chi connectivity index (χ3n) is 3.28. The molecule has 3 nitrogen and oxygen atoms in total. The van der Waals surface area contributed by atoms with Gasteiger partial charge in [-0.3, -0.25) is 10.2 Å². The molecule has 2 aromatic rings. The highest BCUT2D eigenvalue weighted by Gasteiger charge is 2.29. The number of rotatable bonds is 1. The van der Waals surface area contributed by atoms with Crippen molar-refractivity contribution in [2.24, 2.45) is 0 Å². The lowest BCUT2D eigenvalue weighted by Gasteiger charge is -2.34. The summed E-state index contributed by atoms with van der Waals surface area (Å²) >= 11 is 0. The predicted octanol–water partition coefficient (Wildman–Crippen LogP) is 2.37. The number of nitrogens with zero attached hydrogens (tertiary/aromatic N) is 1. The molecule has 1 aliphatic heterocycles. The van der Waals surface area contributed by atoms with E-state index in [0.717, 1.165) is 11.1 Å². The number of fused-ring (bicyclic) bond motifs is 1. The van der Waals surface area contributed by atoms with Crippen LogP contribution in [0.5, 0.6) is 0 Å². The molecule has 3 rings (SSSR count). The van der Waals surface area contributed by atoms with Crippen molar-refractivity contribution in [2.75, 3.05) is 7.05 Å². The van der Waals surface area contributed by atoms with Crippen molar-refractivity contribution in [1.29, 1.82) is 0 Å². The van der Waals surface area contributed by atoms with Crippen molar-refractivity contribution >= 4 is 5.91 Å². The third kappa shape index (κ3) is 1.69. The van der Waals surface area contributed by atoms with Crippen LogP contribution in [0.4, 0.5) is 0 Å². The Balaban J connectivity index is 2.15. The summed E-state index contributed by atoms with van der Waals surface area (Å²) in [5.74, 6) is -0.0414. The Hall–Kier alpha value is -2.13. The van der Waals surface area contributed by atoms with Crippen LogP contribution in [0.2, 0.25) is 0 Å². The summed E-state index contributed by atoms with van der Waals surface area (Å²) in [6.45, 7) is 0. The van der Waals surface area contributed by atoms with Crippen LogP contribution < -0.4 is 5.43 Å². The average Bonchev–Trinajstić information content (AvgIpc) is 2.40. The van der Waals surface area contributed by atoms with Crippen LogP contribution in [0.3, 0.4) is 0 Å². The van der Waals surface area contributed by atoms with Crippen LogP contribution in [0.25, 0.3) is 0 Å². The topological polar surface area (TPSA) is 32.3 Å². The number of amides is 1. The van der Waals surface area contributed by atoms with E-state index in [4.69, 9.17) is 0 Å². The van der Waals surface area contributed by atoms with E-state index in [1.54, 1.807) is 0 Å². The van der Waals surface area contributed by atoms with Gasteiger partial charge in [0.1, 0.15) is 0 Å². The minimum atomic E-state index is -0.0414. The summed E-state index contributed by atoms with van der Waals surface area (Å²) in [4.78, 5) is 11.9. The quantitative estimate of drug-likeness (QED) is 0.827. The zero-order chi connectivity index (χ0) is 12.5. The molecule has 1 amide bonds. The highest BCUT2D eigenvalue weighted by Crippen LogP contribution is 2.31. The van der Waals surface area contributed by atoms with Crippen LogP contribution >= 0.6 is 0 Å². The van der Waals surface area contributed by atoms with Crippen LogP contribution in [0.1, 0.15) is 27.5 Å². The fraction of sp³-hybridized carbons (Fsp3) is 0.133. The number of hydrazine groups is 1. The number of benzene rings is 2. The first-order valence-corrected chi connectivity index (χ1v) is 5.95. The fourth-order valence-electron chi connectivity index (χ4n) is 2.47. The van der Waals surface area contributed by atoms with Gasteiger partial charge in [0.2, 0.25) is 0 Å². The Morgan fingerprint density at radius 1 is 1.00 bits per heavy atom. The summed E-state index contributed by atoms with van der Waals surface area (Å²) in [6.07, 6.45) is 0. The summed E-state index contributed by atoms with van der Waals surface area (Å²) in [5, 5.41) is 1.86. The monoisotopic (exact) mass is 238 g/mol. The Labute approximate surface area is 106 Å². The molecule has 1 aliphatic rings. The molecule has 1 unspecified atom stereocenters. The van der Waals surface area contributed by atoms with Crippen molar-refractivity contribution in [3.63, 3.8) is 0 Å². The van der Waals surface area contributed by atoms with E-state index >= 15 is 0 Å². The molecule has 1 atom stereocenters. The molecule has 0 aliphatic carbocycles. The van der Waals surface area contributed by atoms with E-state index in [-0.39, 0.29) is 11.9 Å². The van der Waals surface area contributed by atoms with Gasteiger partial charge in [0.05, 0.1) is 6.04 Å². The van der Waals surface area contributed by atoms with Gasteiger partial charge in [-0.1, -0.05) is 48.5 Å². The number of carbonyl (C=O) groups excluding carboxylic acids is 1. The van der Waals surface area contributed by atoms with Gasteiger partial charge in [-0.25, -0.2) is 5.01 Å². The van der Waals surface area contributed by atoms with Crippen LogP contribution in [-0.4, -0.2) is 18.0 Å². The van der Waals surface area contributed by atoms with Crippen LogP contribution in [-0.2, 0) is 0 Å². The number of carbonyl (C=O) groups is 1. The molecular weight excluding hydrogens is 224 g/mol. The number of hydrogen-bond acceptors (Lipinski definition) is 2. The van der Waals surface area contributed by atoms with Crippen molar-refractivity contribution in [3.05, 3.63) is 71.3 Å². The number of nitrogens with one attached hydrogen (secondary N) is 1. The number of hydrogen-bond donors (Lipinski definition) is 1. The van der Waals surface area contributed by atoms with Gasteiger partial charge in [0.15, 0.2) is 0 Å². The largest absolute Gasteiger partial charge is 0.284 e. The lowest BCUT2D eigenvalue weighted by Crippen LogP contribution is -2.46. The molecule has 3 heteroatoms. The molecular formula is C15H14N2O. The van der Waals surface area contributed by atoms with Gasteiger partial charge < -0.3 is 0 Å². The lowest BCUT2D eigenvalue weighted by atomic mass is 9.92. The Kier molecular flexibility index (Phi) is 2.61. The standard InChI is InChI=1S/C15H14N2O/c1-17-14(11-7-3-2-4-8-11)12-9-5-6-10-13(12)15(18)16-17/h2-10,14H,1H3,(H,16,18). The maximum atomic E-state index is 11.9. The second-order valence-electron chi connectivity index (χ2n) is 4.45. The molecule has 90 valence electrons. The van der Waals surface area contributed by atoms with Crippen LogP contribution in [0.15, 0.2) is 54.6 Å². The minimum absolute atomic E-state index is 0.0414. The normalized spacial score (nSPS) is 19.2. The molecule has 0 bridgehead atoms. The molecule has 0 saturated heterocycles. The zero-order valence-corrected chi connectivity index (χ0v) is 10.1. The molecule has 0 aromatic heterocycles. The smallest absolute Gasteiger partial charge is 0.265 e. The summed E-state index contributed by atoms with van der Waals surface area (Å²) in [6, 6.07) is 18.0. The van der Waals surface area contributed by atoms with Gasteiger partial charge in [0, 0.05) is 12.6 Å². The summed E-state index contributed by atoms with van der Waals surface area (Å²) < 4.78 is 0. The van der Waals surface area contributed by atoms with Crippen LogP contribution in [0, 0.1) is 0 Å². The van der Waals surface area contributed by atoms with Gasteiger partial charge in [-0.2, -0.15) is 0 Å². The molecule has 1 heterocycles. The van der Waals surface area contributed by atoms with Gasteiger partial charge in [-0.05, 0) is 17.2 Å². The SMILES string of the molecule is CN1NC(=O)c2ccccc2C1c1ccccc1. The highest BCUT2D eigenvalue weighted by atomic mass is 16.2. The molecule has 18 heavy (non-hydrogen) atoms. The van der Waals surface area contributed by atoms with E-state index in [9.17, 15) is 4.79 Å². The Morgan fingerprint density at radius 3 is 2.44 bits per heavy atom. The van der Waals surface area contributed by atoms with E-state index in [0.29, 0.717) is 0 Å². The third-order valence-corrected chi connectivity index (χ3v) is 3.28. The fourth-order valence-corrected chi connectivity index (χ4v) is 2.47. The summed E-state index contributed by atoms with van der Waals surface area (Å²) in [5.41, 5.74) is 5.86. The molecule has 2 aromatic carbocycles. The zero-order valence-electron chi connectivity index (χ0n) is 10.1. The average molecular weight is 238 g/mol. The first-order chi connectivity index (χ1) is 8.77. The van der Waals surface area contributed by atoms with E-state index in [1.165, 1.54) is 5.56 Å². The molecule has 0 spiro atoms. The van der Waals surface area contributed by atoms with Gasteiger partial charge in [-0.15, -0.1) is 0 Å². The van der Waals surface area contributed by atoms with Crippen molar-refractivity contribution in [3.8, 4) is 0 Å².